The van der Waals surface area contributed by atoms with E-state index in [1.165, 1.54) is 11.6 Å². The van der Waals surface area contributed by atoms with Crippen LogP contribution in [0.3, 0.4) is 0 Å². The number of nitrogens with zero attached hydrogens (tertiary/aromatic N) is 1. The Hall–Kier alpha value is -1.68. The maximum Gasteiger partial charge on any atom is 0.253 e. The Morgan fingerprint density at radius 3 is 2.52 bits per heavy atom. The van der Waals surface area contributed by atoms with Crippen molar-refractivity contribution in [1.29, 1.82) is 0 Å². The average Bonchev–Trinajstić information content (AvgIpc) is 2.44. The molecule has 0 aromatic heterocycles. The van der Waals surface area contributed by atoms with Gasteiger partial charge in [-0.2, -0.15) is 0 Å². The van der Waals surface area contributed by atoms with Crippen molar-refractivity contribution in [3.63, 3.8) is 0 Å². The minimum atomic E-state index is -0.430. The van der Waals surface area contributed by atoms with E-state index >= 15 is 0 Å². The summed E-state index contributed by atoms with van der Waals surface area (Å²) in [5, 5.41) is 0. The molecule has 0 saturated carbocycles. The van der Waals surface area contributed by atoms with Crippen LogP contribution in [-0.4, -0.2) is 17.9 Å². The molecule has 0 saturated heterocycles. The molecule has 110 valence electrons. The number of amides is 1. The van der Waals surface area contributed by atoms with Crippen molar-refractivity contribution in [2.75, 3.05) is 7.05 Å². The van der Waals surface area contributed by atoms with Crippen LogP contribution in [0.2, 0.25) is 0 Å². The Morgan fingerprint density at radius 1 is 1.19 bits per heavy atom. The van der Waals surface area contributed by atoms with Gasteiger partial charge in [0.05, 0.1) is 4.47 Å². The van der Waals surface area contributed by atoms with Gasteiger partial charge in [0.25, 0.3) is 5.91 Å². The molecule has 0 N–H and O–H groups in total. The zero-order valence-corrected chi connectivity index (χ0v) is 13.9. The molecular formula is C17H17BrFNO. The van der Waals surface area contributed by atoms with Gasteiger partial charge in [-0.15, -0.1) is 0 Å². The van der Waals surface area contributed by atoms with E-state index in [-0.39, 0.29) is 5.91 Å². The van der Waals surface area contributed by atoms with Crippen LogP contribution < -0.4 is 0 Å². The van der Waals surface area contributed by atoms with Crippen molar-refractivity contribution in [2.45, 2.75) is 20.4 Å². The molecule has 2 aromatic rings. The Labute approximate surface area is 132 Å². The fourth-order valence-electron chi connectivity index (χ4n) is 2.20. The molecule has 0 fully saturated rings. The summed E-state index contributed by atoms with van der Waals surface area (Å²) in [5.74, 6) is -0.623. The van der Waals surface area contributed by atoms with Crippen molar-refractivity contribution in [1.82, 2.24) is 4.90 Å². The number of halogens is 2. The predicted molar refractivity (Wildman–Crippen MR) is 85.8 cm³/mol. The van der Waals surface area contributed by atoms with Crippen molar-refractivity contribution >= 4 is 21.8 Å². The van der Waals surface area contributed by atoms with Crippen molar-refractivity contribution < 1.29 is 9.18 Å². The van der Waals surface area contributed by atoms with Crippen LogP contribution in [0, 0.1) is 19.7 Å². The van der Waals surface area contributed by atoms with Gasteiger partial charge in [0.1, 0.15) is 5.82 Å². The first kappa shape index (κ1) is 15.7. The molecule has 1 amide bonds. The minimum absolute atomic E-state index is 0.193. The lowest BCUT2D eigenvalue weighted by atomic mass is 10.1. The molecule has 21 heavy (non-hydrogen) atoms. The summed E-state index contributed by atoms with van der Waals surface area (Å²) >= 11 is 3.09. The van der Waals surface area contributed by atoms with Gasteiger partial charge in [-0.25, -0.2) is 4.39 Å². The number of benzene rings is 2. The molecule has 0 atom stereocenters. The molecule has 0 aliphatic heterocycles. The molecule has 2 rings (SSSR count). The topological polar surface area (TPSA) is 20.3 Å². The van der Waals surface area contributed by atoms with Gasteiger partial charge in [-0.05, 0) is 59.1 Å². The highest BCUT2D eigenvalue weighted by molar-refractivity contribution is 9.10. The van der Waals surface area contributed by atoms with Crippen LogP contribution in [-0.2, 0) is 6.54 Å². The summed E-state index contributed by atoms with van der Waals surface area (Å²) in [5.41, 5.74) is 3.79. The lowest BCUT2D eigenvalue weighted by Gasteiger charge is -2.19. The highest BCUT2D eigenvalue weighted by Gasteiger charge is 2.14. The largest absolute Gasteiger partial charge is 0.337 e. The van der Waals surface area contributed by atoms with E-state index in [1.807, 2.05) is 26.0 Å². The molecule has 0 aliphatic rings. The molecule has 0 radical (unpaired) electrons. The van der Waals surface area contributed by atoms with E-state index in [4.69, 9.17) is 0 Å². The third kappa shape index (κ3) is 3.70. The number of rotatable bonds is 3. The first-order chi connectivity index (χ1) is 9.88. The van der Waals surface area contributed by atoms with Crippen LogP contribution in [0.1, 0.15) is 27.0 Å². The molecule has 0 aliphatic carbocycles. The summed E-state index contributed by atoms with van der Waals surface area (Å²) in [6.07, 6.45) is 0. The Kier molecular flexibility index (Phi) is 4.78. The molecular weight excluding hydrogens is 333 g/mol. The monoisotopic (exact) mass is 349 g/mol. The van der Waals surface area contributed by atoms with Gasteiger partial charge in [0, 0.05) is 19.2 Å². The zero-order chi connectivity index (χ0) is 15.6. The summed E-state index contributed by atoms with van der Waals surface area (Å²) in [7, 11) is 1.72. The van der Waals surface area contributed by atoms with Gasteiger partial charge >= 0.3 is 0 Å². The maximum atomic E-state index is 13.5. The second kappa shape index (κ2) is 6.39. The molecule has 2 nitrogen and oxygen atoms in total. The number of carbonyl (C=O) groups excluding carboxylic acids is 1. The lowest BCUT2D eigenvalue weighted by Crippen LogP contribution is -2.26. The summed E-state index contributed by atoms with van der Waals surface area (Å²) in [4.78, 5) is 13.9. The van der Waals surface area contributed by atoms with Gasteiger partial charge in [0.2, 0.25) is 0 Å². The quantitative estimate of drug-likeness (QED) is 0.799. The Bertz CT molecular complexity index is 684. The highest BCUT2D eigenvalue weighted by atomic mass is 79.9. The van der Waals surface area contributed by atoms with E-state index < -0.39 is 5.82 Å². The summed E-state index contributed by atoms with van der Waals surface area (Å²) < 4.78 is 13.9. The second-order valence-electron chi connectivity index (χ2n) is 5.22. The summed E-state index contributed by atoms with van der Waals surface area (Å²) in [6.45, 7) is 4.57. The van der Waals surface area contributed by atoms with Gasteiger partial charge in [-0.1, -0.05) is 23.8 Å². The van der Waals surface area contributed by atoms with Crippen molar-refractivity contribution in [3.8, 4) is 0 Å². The molecule has 0 heterocycles. The molecule has 0 spiro atoms. The van der Waals surface area contributed by atoms with Gasteiger partial charge in [-0.3, -0.25) is 4.79 Å². The number of hydrogen-bond acceptors (Lipinski definition) is 1. The lowest BCUT2D eigenvalue weighted by molar-refractivity contribution is 0.0784. The minimum Gasteiger partial charge on any atom is -0.337 e. The van der Waals surface area contributed by atoms with E-state index in [2.05, 4.69) is 22.0 Å². The standard InChI is InChI=1S/C17H17BrFNO/c1-11-4-5-14(12(2)8-11)10-20(3)17(21)13-6-7-15(18)16(19)9-13/h4-9H,10H2,1-3H3. The third-order valence-corrected chi connectivity index (χ3v) is 4.06. The smallest absolute Gasteiger partial charge is 0.253 e. The first-order valence-electron chi connectivity index (χ1n) is 6.65. The normalized spacial score (nSPS) is 10.5. The SMILES string of the molecule is Cc1ccc(CN(C)C(=O)c2ccc(Br)c(F)c2)c(C)c1. The van der Waals surface area contributed by atoms with Gasteiger partial charge < -0.3 is 4.90 Å². The van der Waals surface area contributed by atoms with Crippen LogP contribution in [0.25, 0.3) is 0 Å². The number of hydrogen-bond donors (Lipinski definition) is 0. The van der Waals surface area contributed by atoms with E-state index in [0.29, 0.717) is 16.6 Å². The van der Waals surface area contributed by atoms with Crippen molar-refractivity contribution in [3.05, 3.63) is 68.9 Å². The Balaban J connectivity index is 2.17. The summed E-state index contributed by atoms with van der Waals surface area (Å²) in [6, 6.07) is 10.6. The highest BCUT2D eigenvalue weighted by Crippen LogP contribution is 2.18. The maximum absolute atomic E-state index is 13.5. The third-order valence-electron chi connectivity index (χ3n) is 3.42. The number of aryl methyl sites for hydroxylation is 2. The van der Waals surface area contributed by atoms with E-state index in [9.17, 15) is 9.18 Å². The molecule has 2 aromatic carbocycles. The fourth-order valence-corrected chi connectivity index (χ4v) is 2.45. The van der Waals surface area contributed by atoms with E-state index in [0.717, 1.165) is 11.1 Å². The fraction of sp³-hybridized carbons (Fsp3) is 0.235. The molecule has 4 heteroatoms. The molecule has 0 bridgehead atoms. The van der Waals surface area contributed by atoms with Crippen LogP contribution in [0.5, 0.6) is 0 Å². The van der Waals surface area contributed by atoms with Crippen LogP contribution in [0.4, 0.5) is 4.39 Å². The average molecular weight is 350 g/mol. The van der Waals surface area contributed by atoms with Crippen molar-refractivity contribution in [2.24, 2.45) is 0 Å². The van der Waals surface area contributed by atoms with Crippen LogP contribution in [0.15, 0.2) is 40.9 Å². The Morgan fingerprint density at radius 2 is 1.90 bits per heavy atom. The predicted octanol–water partition coefficient (Wildman–Crippen LogP) is 4.48. The zero-order valence-electron chi connectivity index (χ0n) is 12.3. The number of carbonyl (C=O) groups is 1. The van der Waals surface area contributed by atoms with E-state index in [1.54, 1.807) is 24.1 Å². The first-order valence-corrected chi connectivity index (χ1v) is 7.44. The van der Waals surface area contributed by atoms with Crippen LogP contribution >= 0.6 is 15.9 Å². The second-order valence-corrected chi connectivity index (χ2v) is 6.07. The molecule has 0 unspecified atom stereocenters. The van der Waals surface area contributed by atoms with Gasteiger partial charge in [0.15, 0.2) is 0 Å².